The summed E-state index contributed by atoms with van der Waals surface area (Å²) in [5, 5.41) is 13.4. The normalized spacial score (nSPS) is 20.6. The Morgan fingerprint density at radius 1 is 1.21 bits per heavy atom. The van der Waals surface area contributed by atoms with Crippen LogP contribution in [-0.2, 0) is 0 Å². The van der Waals surface area contributed by atoms with Gasteiger partial charge in [-0.1, -0.05) is 26.7 Å². The first-order valence-electron chi connectivity index (χ1n) is 6.19. The average Bonchev–Trinajstić information content (AvgIpc) is 2.72. The van der Waals surface area contributed by atoms with Gasteiger partial charge in [0.25, 0.3) is 0 Å². The fraction of sp³-hybridized carbons (Fsp3) is 1.00. The number of hydrogen-bond donors (Lipinski definition) is 2. The number of hydrogen-bond acceptors (Lipinski definition) is 2. The predicted molar refractivity (Wildman–Crippen MR) is 60.3 cm³/mol. The summed E-state index contributed by atoms with van der Waals surface area (Å²) in [4.78, 5) is 0. The van der Waals surface area contributed by atoms with Gasteiger partial charge in [0, 0.05) is 12.6 Å². The molecule has 0 aromatic rings. The van der Waals surface area contributed by atoms with Crippen molar-refractivity contribution >= 4 is 0 Å². The van der Waals surface area contributed by atoms with Gasteiger partial charge in [-0.3, -0.25) is 0 Å². The van der Waals surface area contributed by atoms with E-state index in [9.17, 15) is 5.11 Å². The van der Waals surface area contributed by atoms with Crippen molar-refractivity contribution in [2.45, 2.75) is 64.5 Å². The number of aliphatic hydroxyl groups is 1. The topological polar surface area (TPSA) is 32.3 Å². The lowest BCUT2D eigenvalue weighted by Gasteiger charge is -2.21. The molecule has 2 heteroatoms. The highest BCUT2D eigenvalue weighted by Crippen LogP contribution is 2.27. The molecule has 1 saturated carbocycles. The fourth-order valence-corrected chi connectivity index (χ4v) is 2.37. The first-order chi connectivity index (χ1) is 6.77. The van der Waals surface area contributed by atoms with E-state index in [2.05, 4.69) is 19.2 Å². The molecular formula is C12H25NO. The third-order valence-corrected chi connectivity index (χ3v) is 3.55. The fourth-order valence-electron chi connectivity index (χ4n) is 2.37. The Kier molecular flexibility index (Phi) is 5.49. The van der Waals surface area contributed by atoms with Crippen LogP contribution in [0, 0.1) is 5.92 Å². The molecule has 0 spiro atoms. The highest BCUT2D eigenvalue weighted by molar-refractivity contribution is 4.77. The minimum absolute atomic E-state index is 0.113. The quantitative estimate of drug-likeness (QED) is 0.688. The summed E-state index contributed by atoms with van der Waals surface area (Å²) in [7, 11) is 0. The predicted octanol–water partition coefficient (Wildman–Crippen LogP) is 2.32. The van der Waals surface area contributed by atoms with E-state index in [1.807, 2.05) is 0 Å². The molecule has 0 aromatic carbocycles. The number of aliphatic hydroxyl groups excluding tert-OH is 1. The molecule has 1 atom stereocenters. The van der Waals surface area contributed by atoms with Crippen LogP contribution < -0.4 is 5.32 Å². The Balaban J connectivity index is 2.15. The summed E-state index contributed by atoms with van der Waals surface area (Å²) in [5.41, 5.74) is 0. The van der Waals surface area contributed by atoms with Crippen molar-refractivity contribution in [1.82, 2.24) is 5.32 Å². The maximum Gasteiger partial charge on any atom is 0.0692 e. The second-order valence-corrected chi connectivity index (χ2v) is 4.53. The van der Waals surface area contributed by atoms with Crippen molar-refractivity contribution in [1.29, 1.82) is 0 Å². The molecule has 1 aliphatic carbocycles. The van der Waals surface area contributed by atoms with Crippen LogP contribution in [0.25, 0.3) is 0 Å². The molecule has 1 rings (SSSR count). The van der Waals surface area contributed by atoms with E-state index in [4.69, 9.17) is 0 Å². The first kappa shape index (κ1) is 12.0. The second-order valence-electron chi connectivity index (χ2n) is 4.53. The number of nitrogens with one attached hydrogen (secondary N) is 1. The summed E-state index contributed by atoms with van der Waals surface area (Å²) >= 11 is 0. The SMILES string of the molecule is CCC(CC)NCC(O)C1CCCC1. The second kappa shape index (κ2) is 6.41. The van der Waals surface area contributed by atoms with Crippen LogP contribution in [-0.4, -0.2) is 23.8 Å². The van der Waals surface area contributed by atoms with E-state index >= 15 is 0 Å². The minimum Gasteiger partial charge on any atom is -0.392 e. The standard InChI is InChI=1S/C12H25NO/c1-3-11(4-2)13-9-12(14)10-7-5-6-8-10/h10-14H,3-9H2,1-2H3. The molecule has 1 aliphatic rings. The molecule has 0 radical (unpaired) electrons. The van der Waals surface area contributed by atoms with Crippen LogP contribution in [0.1, 0.15) is 52.4 Å². The van der Waals surface area contributed by atoms with Crippen molar-refractivity contribution in [2.75, 3.05) is 6.54 Å². The molecule has 0 heterocycles. The van der Waals surface area contributed by atoms with Gasteiger partial charge in [0.1, 0.15) is 0 Å². The van der Waals surface area contributed by atoms with Crippen LogP contribution >= 0.6 is 0 Å². The Bertz CT molecular complexity index is 139. The van der Waals surface area contributed by atoms with Gasteiger partial charge < -0.3 is 10.4 Å². The highest BCUT2D eigenvalue weighted by atomic mass is 16.3. The van der Waals surface area contributed by atoms with Crippen LogP contribution in [0.3, 0.4) is 0 Å². The Morgan fingerprint density at radius 2 is 1.79 bits per heavy atom. The smallest absolute Gasteiger partial charge is 0.0692 e. The van der Waals surface area contributed by atoms with Crippen molar-refractivity contribution in [3.05, 3.63) is 0 Å². The van der Waals surface area contributed by atoms with E-state index in [1.165, 1.54) is 25.7 Å². The molecular weight excluding hydrogens is 174 g/mol. The summed E-state index contributed by atoms with van der Waals surface area (Å²) < 4.78 is 0. The lowest BCUT2D eigenvalue weighted by molar-refractivity contribution is 0.105. The minimum atomic E-state index is -0.113. The lowest BCUT2D eigenvalue weighted by Crippen LogP contribution is -2.37. The summed E-state index contributed by atoms with van der Waals surface area (Å²) in [6, 6.07) is 0.589. The summed E-state index contributed by atoms with van der Waals surface area (Å²) in [5.74, 6) is 0.567. The van der Waals surface area contributed by atoms with E-state index < -0.39 is 0 Å². The first-order valence-corrected chi connectivity index (χ1v) is 6.19. The van der Waals surface area contributed by atoms with Crippen molar-refractivity contribution in [3.63, 3.8) is 0 Å². The zero-order chi connectivity index (χ0) is 10.4. The molecule has 2 N–H and O–H groups in total. The van der Waals surface area contributed by atoms with Crippen molar-refractivity contribution in [2.24, 2.45) is 5.92 Å². The van der Waals surface area contributed by atoms with E-state index in [1.54, 1.807) is 0 Å². The average molecular weight is 199 g/mol. The van der Waals surface area contributed by atoms with Gasteiger partial charge in [0.15, 0.2) is 0 Å². The van der Waals surface area contributed by atoms with Gasteiger partial charge in [0.2, 0.25) is 0 Å². The van der Waals surface area contributed by atoms with Crippen LogP contribution in [0.15, 0.2) is 0 Å². The van der Waals surface area contributed by atoms with Crippen molar-refractivity contribution < 1.29 is 5.11 Å². The number of rotatable bonds is 6. The van der Waals surface area contributed by atoms with Gasteiger partial charge >= 0.3 is 0 Å². The van der Waals surface area contributed by atoms with E-state index in [0.29, 0.717) is 12.0 Å². The maximum absolute atomic E-state index is 9.93. The summed E-state index contributed by atoms with van der Waals surface area (Å²) in [6.45, 7) is 5.18. The molecule has 0 bridgehead atoms. The summed E-state index contributed by atoms with van der Waals surface area (Å²) in [6.07, 6.45) is 7.29. The molecule has 14 heavy (non-hydrogen) atoms. The maximum atomic E-state index is 9.93. The van der Waals surface area contributed by atoms with Crippen molar-refractivity contribution in [3.8, 4) is 0 Å². The zero-order valence-corrected chi connectivity index (χ0v) is 9.63. The third-order valence-electron chi connectivity index (χ3n) is 3.55. The highest BCUT2D eigenvalue weighted by Gasteiger charge is 2.23. The van der Waals surface area contributed by atoms with Gasteiger partial charge in [-0.05, 0) is 31.6 Å². The van der Waals surface area contributed by atoms with E-state index in [0.717, 1.165) is 19.4 Å². The van der Waals surface area contributed by atoms with Crippen LogP contribution in [0.4, 0.5) is 0 Å². The van der Waals surface area contributed by atoms with Crippen LogP contribution in [0.5, 0.6) is 0 Å². The third kappa shape index (κ3) is 3.58. The Labute approximate surface area is 88.1 Å². The lowest BCUT2D eigenvalue weighted by atomic mass is 10.0. The molecule has 0 aliphatic heterocycles. The molecule has 1 unspecified atom stereocenters. The Morgan fingerprint density at radius 3 is 2.29 bits per heavy atom. The largest absolute Gasteiger partial charge is 0.392 e. The van der Waals surface area contributed by atoms with Gasteiger partial charge in [0.05, 0.1) is 6.10 Å². The van der Waals surface area contributed by atoms with Gasteiger partial charge in [-0.2, -0.15) is 0 Å². The molecule has 2 nitrogen and oxygen atoms in total. The van der Waals surface area contributed by atoms with Crippen LogP contribution in [0.2, 0.25) is 0 Å². The van der Waals surface area contributed by atoms with Gasteiger partial charge in [-0.25, -0.2) is 0 Å². The van der Waals surface area contributed by atoms with Gasteiger partial charge in [-0.15, -0.1) is 0 Å². The molecule has 0 amide bonds. The monoisotopic (exact) mass is 199 g/mol. The molecule has 0 aromatic heterocycles. The van der Waals surface area contributed by atoms with E-state index in [-0.39, 0.29) is 6.10 Å². The zero-order valence-electron chi connectivity index (χ0n) is 9.63. The molecule has 1 fully saturated rings. The molecule has 0 saturated heterocycles. The Hall–Kier alpha value is -0.0800. The molecule has 84 valence electrons.